The number of allylic oxidation sites excluding steroid dienone is 3. The van der Waals surface area contributed by atoms with E-state index >= 15 is 0 Å². The molecule has 0 aromatic rings. The highest BCUT2D eigenvalue weighted by Gasteiger charge is 2.44. The van der Waals surface area contributed by atoms with Crippen LogP contribution < -0.4 is 5.32 Å². The fourth-order valence-corrected chi connectivity index (χ4v) is 6.65. The number of hydrogen-bond donors (Lipinski definition) is 7. The van der Waals surface area contributed by atoms with Crippen molar-refractivity contribution in [3.05, 3.63) is 23.8 Å². The van der Waals surface area contributed by atoms with Crippen LogP contribution in [0.25, 0.3) is 0 Å². The van der Waals surface area contributed by atoms with E-state index in [1.165, 1.54) is 108 Å². The summed E-state index contributed by atoms with van der Waals surface area (Å²) in [6, 6.07) is -0.994. The molecule has 1 saturated heterocycles. The molecule has 0 bridgehead atoms. The van der Waals surface area contributed by atoms with Gasteiger partial charge in [0.15, 0.2) is 6.29 Å². The molecule has 0 aliphatic carbocycles. The van der Waals surface area contributed by atoms with Gasteiger partial charge < -0.3 is 45.4 Å². The third kappa shape index (κ3) is 22.8. The van der Waals surface area contributed by atoms with Gasteiger partial charge in [0.1, 0.15) is 30.5 Å². The normalized spacial score (nSPS) is 22.9. The van der Waals surface area contributed by atoms with Gasteiger partial charge in [-0.1, -0.05) is 160 Å². The van der Waals surface area contributed by atoms with Crippen molar-refractivity contribution < 1.29 is 44.9 Å². The van der Waals surface area contributed by atoms with Crippen molar-refractivity contribution in [2.45, 2.75) is 224 Å². The molecule has 306 valence electrons. The second-order valence-corrected chi connectivity index (χ2v) is 15.1. The molecule has 1 aliphatic rings. The third-order valence-corrected chi connectivity index (χ3v) is 10.2. The zero-order valence-electron chi connectivity index (χ0n) is 33.1. The van der Waals surface area contributed by atoms with Gasteiger partial charge in [-0.25, -0.2) is 0 Å². The van der Waals surface area contributed by atoms with Crippen LogP contribution in [0, 0.1) is 0 Å². The standard InChI is InChI=1S/C42H79NO9/c1-4-6-8-10-12-13-14-15-16-17-19-21-25-30-36(46)41(50)43-34(32-51-42-40(49)39(48)38(47)37(31-44)52-42)35(45)29-26-22-24-28-33(3)27-23-20-18-11-9-7-5-2/h26,28-29,34-40,42,44-49H,4-25,27,30-32H2,1-3H3,(H,43,50)/b29-26+,33-28+/t34-,35+,36-,37+,38+,39-,40+,42+/m0/s1. The van der Waals surface area contributed by atoms with Crippen LogP contribution in [0.2, 0.25) is 0 Å². The molecule has 52 heavy (non-hydrogen) atoms. The van der Waals surface area contributed by atoms with Crippen molar-refractivity contribution >= 4 is 5.91 Å². The van der Waals surface area contributed by atoms with Crippen LogP contribution >= 0.6 is 0 Å². The minimum atomic E-state index is -1.61. The molecule has 1 rings (SSSR count). The second kappa shape index (κ2) is 31.9. The van der Waals surface area contributed by atoms with Gasteiger partial charge in [-0.05, 0) is 39.0 Å². The molecule has 1 heterocycles. The number of amides is 1. The van der Waals surface area contributed by atoms with Crippen molar-refractivity contribution in [1.29, 1.82) is 0 Å². The van der Waals surface area contributed by atoms with E-state index in [1.54, 1.807) is 6.08 Å². The predicted molar refractivity (Wildman–Crippen MR) is 209 cm³/mol. The first kappa shape index (κ1) is 48.6. The van der Waals surface area contributed by atoms with Crippen LogP contribution in [0.4, 0.5) is 0 Å². The summed E-state index contributed by atoms with van der Waals surface area (Å²) in [6.07, 6.45) is 23.4. The largest absolute Gasteiger partial charge is 0.394 e. The highest BCUT2D eigenvalue weighted by molar-refractivity contribution is 5.80. The first-order valence-corrected chi connectivity index (χ1v) is 21.1. The maximum atomic E-state index is 13.0. The first-order chi connectivity index (χ1) is 25.2. The van der Waals surface area contributed by atoms with Crippen molar-refractivity contribution in [1.82, 2.24) is 5.32 Å². The number of nitrogens with one attached hydrogen (secondary N) is 1. The van der Waals surface area contributed by atoms with E-state index in [1.807, 2.05) is 6.08 Å². The molecule has 0 aromatic carbocycles. The maximum Gasteiger partial charge on any atom is 0.249 e. The Hall–Kier alpha value is -1.37. The molecule has 0 radical (unpaired) electrons. The Morgan fingerprint density at radius 1 is 0.731 bits per heavy atom. The third-order valence-electron chi connectivity index (χ3n) is 10.2. The predicted octanol–water partition coefficient (Wildman–Crippen LogP) is 6.91. The number of hydrogen-bond acceptors (Lipinski definition) is 9. The number of aliphatic hydroxyl groups is 6. The van der Waals surface area contributed by atoms with Gasteiger partial charge in [-0.3, -0.25) is 4.79 Å². The second-order valence-electron chi connectivity index (χ2n) is 15.1. The summed E-state index contributed by atoms with van der Waals surface area (Å²) in [5.41, 5.74) is 1.36. The summed E-state index contributed by atoms with van der Waals surface area (Å²) in [5, 5.41) is 64.5. The van der Waals surface area contributed by atoms with Gasteiger partial charge in [0.05, 0.1) is 25.4 Å². The molecule has 10 nitrogen and oxygen atoms in total. The number of carbonyl (C=O) groups excluding carboxylic acids is 1. The van der Waals surface area contributed by atoms with Gasteiger partial charge >= 0.3 is 0 Å². The van der Waals surface area contributed by atoms with Crippen molar-refractivity contribution in [3.8, 4) is 0 Å². The molecule has 7 N–H and O–H groups in total. The lowest BCUT2D eigenvalue weighted by atomic mass is 9.99. The van der Waals surface area contributed by atoms with E-state index in [4.69, 9.17) is 9.47 Å². The Labute approximate surface area is 316 Å². The molecule has 8 atom stereocenters. The fraction of sp³-hybridized carbons (Fsp3) is 0.881. The summed E-state index contributed by atoms with van der Waals surface area (Å²) in [6.45, 7) is 5.71. The van der Waals surface area contributed by atoms with Crippen LogP contribution in [0.15, 0.2) is 23.8 Å². The Kier molecular flexibility index (Phi) is 29.9. The number of rotatable bonds is 33. The van der Waals surface area contributed by atoms with Crippen molar-refractivity contribution in [2.24, 2.45) is 0 Å². The molecule has 1 amide bonds. The average Bonchev–Trinajstić information content (AvgIpc) is 3.14. The van der Waals surface area contributed by atoms with Crippen molar-refractivity contribution in [2.75, 3.05) is 13.2 Å². The average molecular weight is 742 g/mol. The van der Waals surface area contributed by atoms with Crippen LogP contribution in [-0.4, -0.2) is 98.7 Å². The van der Waals surface area contributed by atoms with Crippen LogP contribution in [0.1, 0.15) is 175 Å². The zero-order chi connectivity index (χ0) is 38.4. The van der Waals surface area contributed by atoms with E-state index in [9.17, 15) is 35.4 Å². The van der Waals surface area contributed by atoms with E-state index in [2.05, 4.69) is 32.2 Å². The molecule has 0 unspecified atom stereocenters. The lowest BCUT2D eigenvalue weighted by Gasteiger charge is -2.40. The van der Waals surface area contributed by atoms with E-state index < -0.39 is 61.5 Å². The van der Waals surface area contributed by atoms with E-state index in [0.717, 1.165) is 32.1 Å². The lowest BCUT2D eigenvalue weighted by Crippen LogP contribution is -2.60. The Bertz CT molecular complexity index is 914. The van der Waals surface area contributed by atoms with E-state index in [0.29, 0.717) is 19.3 Å². The van der Waals surface area contributed by atoms with Crippen molar-refractivity contribution in [3.63, 3.8) is 0 Å². The van der Waals surface area contributed by atoms with Crippen LogP contribution in [-0.2, 0) is 14.3 Å². The van der Waals surface area contributed by atoms with Gasteiger partial charge in [-0.15, -0.1) is 0 Å². The molecule has 0 aromatic heterocycles. The van der Waals surface area contributed by atoms with Gasteiger partial charge in [0.25, 0.3) is 0 Å². The summed E-state index contributed by atoms with van der Waals surface area (Å²) in [7, 11) is 0. The quantitative estimate of drug-likeness (QED) is 0.0279. The topological polar surface area (TPSA) is 169 Å². The molecule has 0 spiro atoms. The Balaban J connectivity index is 2.57. The van der Waals surface area contributed by atoms with Gasteiger partial charge in [-0.2, -0.15) is 0 Å². The minimum absolute atomic E-state index is 0.306. The van der Waals surface area contributed by atoms with Crippen LogP contribution in [0.3, 0.4) is 0 Å². The SMILES string of the molecule is CCCCCCCCCCCCCCC[C@H](O)C(=O)N[C@@H](CO[C@@H]1O[C@H](CO)[C@@H](O)[C@H](O)[C@H]1O)[C@H](O)/C=C/CC/C=C(\C)CCCCCCCCC. The minimum Gasteiger partial charge on any atom is -0.394 e. The molecular weight excluding hydrogens is 662 g/mol. The highest BCUT2D eigenvalue weighted by Crippen LogP contribution is 2.22. The van der Waals surface area contributed by atoms with Gasteiger partial charge in [0, 0.05) is 0 Å². The number of aliphatic hydroxyl groups excluding tert-OH is 6. The number of ether oxygens (including phenoxy) is 2. The highest BCUT2D eigenvalue weighted by atomic mass is 16.7. The summed E-state index contributed by atoms with van der Waals surface area (Å²) in [4.78, 5) is 13.0. The summed E-state index contributed by atoms with van der Waals surface area (Å²) in [5.74, 6) is -0.627. The Morgan fingerprint density at radius 2 is 1.25 bits per heavy atom. The monoisotopic (exact) mass is 742 g/mol. The zero-order valence-corrected chi connectivity index (χ0v) is 33.1. The molecule has 1 aliphatic heterocycles. The lowest BCUT2D eigenvalue weighted by molar-refractivity contribution is -0.302. The summed E-state index contributed by atoms with van der Waals surface area (Å²) >= 11 is 0. The maximum absolute atomic E-state index is 13.0. The van der Waals surface area contributed by atoms with E-state index in [-0.39, 0.29) is 6.61 Å². The molecule has 10 heteroatoms. The molecule has 0 saturated carbocycles. The summed E-state index contributed by atoms with van der Waals surface area (Å²) < 4.78 is 11.1. The number of carbonyl (C=O) groups is 1. The molecule has 1 fully saturated rings. The van der Waals surface area contributed by atoms with Crippen LogP contribution in [0.5, 0.6) is 0 Å². The molecular formula is C42H79NO9. The fourth-order valence-electron chi connectivity index (χ4n) is 6.65. The Morgan fingerprint density at radius 3 is 1.79 bits per heavy atom. The first-order valence-electron chi connectivity index (χ1n) is 21.1. The van der Waals surface area contributed by atoms with Gasteiger partial charge in [0.2, 0.25) is 5.91 Å². The smallest absolute Gasteiger partial charge is 0.249 e. The number of unbranched alkanes of at least 4 members (excludes halogenated alkanes) is 19.